The lowest BCUT2D eigenvalue weighted by Gasteiger charge is -2.21. The van der Waals surface area contributed by atoms with Gasteiger partial charge in [-0.2, -0.15) is 0 Å². The topological polar surface area (TPSA) is 73.9 Å². The van der Waals surface area contributed by atoms with Gasteiger partial charge in [0.2, 0.25) is 0 Å². The van der Waals surface area contributed by atoms with Crippen molar-refractivity contribution in [3.63, 3.8) is 0 Å². The number of esters is 1. The van der Waals surface area contributed by atoms with Crippen molar-refractivity contribution >= 4 is 17.6 Å². The fraction of sp³-hybridized carbons (Fsp3) is 0.364. The van der Waals surface area contributed by atoms with E-state index in [2.05, 4.69) is 5.32 Å². The van der Waals surface area contributed by atoms with Crippen LogP contribution in [0.25, 0.3) is 0 Å². The molecule has 1 N–H and O–H groups in total. The molecule has 0 bridgehead atoms. The van der Waals surface area contributed by atoms with E-state index in [9.17, 15) is 9.59 Å². The number of methoxy groups -OCH3 is 2. The van der Waals surface area contributed by atoms with Crippen LogP contribution in [0.4, 0.5) is 5.69 Å². The Labute approximate surface area is 164 Å². The van der Waals surface area contributed by atoms with E-state index in [4.69, 9.17) is 14.2 Å². The van der Waals surface area contributed by atoms with Crippen LogP contribution in [0.15, 0.2) is 42.5 Å². The number of benzene rings is 2. The minimum Gasteiger partial charge on any atom is -0.497 e. The van der Waals surface area contributed by atoms with Crippen molar-refractivity contribution in [2.75, 3.05) is 19.5 Å². The summed E-state index contributed by atoms with van der Waals surface area (Å²) in [5.41, 5.74) is 1.48. The molecule has 2 aromatic rings. The zero-order chi connectivity index (χ0) is 19.9. The number of carbonyl (C=O) groups is 2. The van der Waals surface area contributed by atoms with E-state index in [1.165, 1.54) is 20.6 Å². The molecule has 148 valence electrons. The van der Waals surface area contributed by atoms with E-state index in [0.717, 1.165) is 25.7 Å². The van der Waals surface area contributed by atoms with E-state index in [0.29, 0.717) is 28.3 Å². The largest absolute Gasteiger partial charge is 0.497 e. The van der Waals surface area contributed by atoms with Crippen molar-refractivity contribution in [2.24, 2.45) is 0 Å². The van der Waals surface area contributed by atoms with Gasteiger partial charge in [-0.15, -0.1) is 0 Å². The van der Waals surface area contributed by atoms with Gasteiger partial charge in [0, 0.05) is 17.3 Å². The standard InChI is InChI=1S/C22H25NO5/c1-26-19-12-16(13-20(14-19)27-2)21(24)23-17-10-8-15(9-11-17)22(25)28-18-6-4-3-5-7-18/h8-14,18H,3-7H2,1-2H3,(H,23,24). The van der Waals surface area contributed by atoms with Crippen molar-refractivity contribution in [3.05, 3.63) is 53.6 Å². The van der Waals surface area contributed by atoms with Crippen molar-refractivity contribution in [2.45, 2.75) is 38.2 Å². The van der Waals surface area contributed by atoms with Gasteiger partial charge in [-0.3, -0.25) is 4.79 Å². The zero-order valence-electron chi connectivity index (χ0n) is 16.2. The first kappa shape index (κ1) is 19.7. The summed E-state index contributed by atoms with van der Waals surface area (Å²) >= 11 is 0. The second-order valence-corrected chi connectivity index (χ2v) is 6.80. The van der Waals surface area contributed by atoms with Crippen molar-refractivity contribution < 1.29 is 23.8 Å². The number of hydrogen-bond donors (Lipinski definition) is 1. The van der Waals surface area contributed by atoms with Crippen LogP contribution >= 0.6 is 0 Å². The van der Waals surface area contributed by atoms with Crippen molar-refractivity contribution in [1.82, 2.24) is 0 Å². The van der Waals surface area contributed by atoms with Crippen molar-refractivity contribution in [1.29, 1.82) is 0 Å². The monoisotopic (exact) mass is 383 g/mol. The average molecular weight is 383 g/mol. The first-order valence-electron chi connectivity index (χ1n) is 9.44. The lowest BCUT2D eigenvalue weighted by atomic mass is 9.98. The molecule has 1 amide bonds. The molecule has 2 aromatic carbocycles. The molecule has 0 unspecified atom stereocenters. The summed E-state index contributed by atoms with van der Waals surface area (Å²) in [6, 6.07) is 11.7. The van der Waals surface area contributed by atoms with Gasteiger partial charge < -0.3 is 19.5 Å². The molecule has 0 aliphatic heterocycles. The molecular formula is C22H25NO5. The first-order valence-corrected chi connectivity index (χ1v) is 9.44. The molecule has 1 fully saturated rings. The van der Waals surface area contributed by atoms with Crippen LogP contribution in [0.1, 0.15) is 52.8 Å². The summed E-state index contributed by atoms with van der Waals surface area (Å²) in [5.74, 6) is 0.452. The molecule has 1 aliphatic carbocycles. The predicted octanol–water partition coefficient (Wildman–Crippen LogP) is 4.45. The molecule has 0 spiro atoms. The quantitative estimate of drug-likeness (QED) is 0.746. The Hall–Kier alpha value is -3.02. The molecule has 6 nitrogen and oxygen atoms in total. The molecule has 0 atom stereocenters. The van der Waals surface area contributed by atoms with Crippen LogP contribution in [0.5, 0.6) is 11.5 Å². The van der Waals surface area contributed by atoms with E-state index < -0.39 is 0 Å². The van der Waals surface area contributed by atoms with Crippen LogP contribution in [-0.4, -0.2) is 32.2 Å². The summed E-state index contributed by atoms with van der Waals surface area (Å²) < 4.78 is 15.9. The van der Waals surface area contributed by atoms with E-state index in [1.54, 1.807) is 42.5 Å². The van der Waals surface area contributed by atoms with E-state index in [1.807, 2.05) is 0 Å². The van der Waals surface area contributed by atoms with Crippen molar-refractivity contribution in [3.8, 4) is 11.5 Å². The number of ether oxygens (including phenoxy) is 3. The Morgan fingerprint density at radius 1 is 0.857 bits per heavy atom. The third-order valence-electron chi connectivity index (χ3n) is 4.82. The molecule has 3 rings (SSSR count). The lowest BCUT2D eigenvalue weighted by Crippen LogP contribution is -2.21. The smallest absolute Gasteiger partial charge is 0.338 e. The summed E-state index contributed by atoms with van der Waals surface area (Å²) in [7, 11) is 3.06. The summed E-state index contributed by atoms with van der Waals surface area (Å²) in [6.45, 7) is 0. The third kappa shape index (κ3) is 5.03. The van der Waals surface area contributed by atoms with Gasteiger partial charge >= 0.3 is 5.97 Å². The maximum atomic E-state index is 12.5. The molecule has 0 saturated heterocycles. The minimum atomic E-state index is -0.317. The first-order chi connectivity index (χ1) is 13.6. The Bertz CT molecular complexity index is 803. The molecule has 1 saturated carbocycles. The summed E-state index contributed by atoms with van der Waals surface area (Å²) in [4.78, 5) is 24.8. The fourth-order valence-electron chi connectivity index (χ4n) is 3.23. The number of hydrogen-bond acceptors (Lipinski definition) is 5. The second kappa shape index (κ2) is 9.26. The predicted molar refractivity (Wildman–Crippen MR) is 106 cm³/mol. The number of carbonyl (C=O) groups excluding carboxylic acids is 2. The number of amides is 1. The molecule has 1 aliphatic rings. The minimum absolute atomic E-state index is 0.0173. The maximum Gasteiger partial charge on any atom is 0.338 e. The van der Waals surface area contributed by atoms with Gasteiger partial charge in [0.15, 0.2) is 0 Å². The van der Waals surface area contributed by atoms with Crippen LogP contribution in [0, 0.1) is 0 Å². The number of nitrogens with one attached hydrogen (secondary N) is 1. The number of anilines is 1. The second-order valence-electron chi connectivity index (χ2n) is 6.80. The normalized spacial score (nSPS) is 14.2. The molecule has 6 heteroatoms. The van der Waals surface area contributed by atoms with Gasteiger partial charge in [0.05, 0.1) is 19.8 Å². The SMILES string of the molecule is COc1cc(OC)cc(C(=O)Nc2ccc(C(=O)OC3CCCCC3)cc2)c1. The molecule has 28 heavy (non-hydrogen) atoms. The molecular weight excluding hydrogens is 358 g/mol. The van der Waals surface area contributed by atoms with Gasteiger partial charge in [-0.05, 0) is 62.1 Å². The molecule has 0 radical (unpaired) electrons. The number of rotatable bonds is 6. The molecule has 0 heterocycles. The summed E-state index contributed by atoms with van der Waals surface area (Å²) in [5, 5.41) is 2.81. The van der Waals surface area contributed by atoms with Crippen LogP contribution < -0.4 is 14.8 Å². The van der Waals surface area contributed by atoms with Crippen LogP contribution in [0.3, 0.4) is 0 Å². The van der Waals surface area contributed by atoms with E-state index in [-0.39, 0.29) is 18.0 Å². The highest BCUT2D eigenvalue weighted by Crippen LogP contribution is 2.24. The van der Waals surface area contributed by atoms with Gasteiger partial charge in [0.25, 0.3) is 5.91 Å². The Morgan fingerprint density at radius 2 is 1.46 bits per heavy atom. The Balaban J connectivity index is 1.63. The van der Waals surface area contributed by atoms with Gasteiger partial charge in [-0.25, -0.2) is 4.79 Å². The average Bonchev–Trinajstić information content (AvgIpc) is 2.74. The summed E-state index contributed by atoms with van der Waals surface area (Å²) in [6.07, 6.45) is 5.31. The highest BCUT2D eigenvalue weighted by Gasteiger charge is 2.19. The lowest BCUT2D eigenvalue weighted by molar-refractivity contribution is 0.0211. The van der Waals surface area contributed by atoms with Gasteiger partial charge in [-0.1, -0.05) is 6.42 Å². The zero-order valence-corrected chi connectivity index (χ0v) is 16.2. The van der Waals surface area contributed by atoms with Gasteiger partial charge in [0.1, 0.15) is 17.6 Å². The fourth-order valence-corrected chi connectivity index (χ4v) is 3.23. The van der Waals surface area contributed by atoms with Crippen LogP contribution in [0.2, 0.25) is 0 Å². The third-order valence-corrected chi connectivity index (χ3v) is 4.82. The van der Waals surface area contributed by atoms with E-state index >= 15 is 0 Å². The van der Waals surface area contributed by atoms with Crippen LogP contribution in [-0.2, 0) is 4.74 Å². The highest BCUT2D eigenvalue weighted by atomic mass is 16.5. The Kier molecular flexibility index (Phi) is 6.53. The molecule has 0 aromatic heterocycles. The maximum absolute atomic E-state index is 12.5. The highest BCUT2D eigenvalue weighted by molar-refractivity contribution is 6.05. The Morgan fingerprint density at radius 3 is 2.04 bits per heavy atom.